The first kappa shape index (κ1) is 23.7. The minimum atomic E-state index is 0.891. The number of nitrogens with zero attached hydrogens (tertiary/aromatic N) is 2. The third kappa shape index (κ3) is 4.19. The average Bonchev–Trinajstić information content (AvgIpc) is 3.44. The van der Waals surface area contributed by atoms with E-state index < -0.39 is 0 Å². The van der Waals surface area contributed by atoms with Gasteiger partial charge in [-0.25, -0.2) is 9.97 Å². The Morgan fingerprint density at radius 3 is 1.56 bits per heavy atom. The van der Waals surface area contributed by atoms with Gasteiger partial charge in [0.25, 0.3) is 0 Å². The van der Waals surface area contributed by atoms with Crippen molar-refractivity contribution in [2.75, 3.05) is 0 Å². The lowest BCUT2D eigenvalue weighted by Crippen LogP contribution is -1.95. The smallest absolute Gasteiger partial charge is 0.0973 e. The number of fused-ring (bicyclic) bond motifs is 4. The van der Waals surface area contributed by atoms with Crippen molar-refractivity contribution in [2.45, 2.75) is 0 Å². The summed E-state index contributed by atoms with van der Waals surface area (Å²) in [6.45, 7) is 0. The van der Waals surface area contributed by atoms with Crippen LogP contribution in [0.15, 0.2) is 146 Å². The van der Waals surface area contributed by atoms with Gasteiger partial charge in [-0.05, 0) is 46.5 Å². The Kier molecular flexibility index (Phi) is 5.68. The third-order valence-electron chi connectivity index (χ3n) is 7.71. The predicted octanol–water partition coefficient (Wildman–Crippen LogP) is 10.7. The molecule has 0 fully saturated rings. The zero-order chi connectivity index (χ0) is 27.2. The quantitative estimate of drug-likeness (QED) is 0.222. The largest absolute Gasteiger partial charge is 0.244 e. The fourth-order valence-corrected chi connectivity index (χ4v) is 6.81. The van der Waals surface area contributed by atoms with E-state index >= 15 is 0 Å². The molecular weight excluding hydrogens is 516 g/mol. The fourth-order valence-electron chi connectivity index (χ4n) is 5.68. The SMILES string of the molecule is c1ccc(-c2ccc(-c3nc4ccccc4nc3-c3ccc(-c4cccc5sc6ccccc6c45)cc3)cc2)cc1. The molecule has 192 valence electrons. The summed E-state index contributed by atoms with van der Waals surface area (Å²) in [5.74, 6) is 0. The molecule has 0 aliphatic heterocycles. The Morgan fingerprint density at radius 1 is 0.366 bits per heavy atom. The first-order valence-corrected chi connectivity index (χ1v) is 14.6. The van der Waals surface area contributed by atoms with Gasteiger partial charge in [-0.1, -0.05) is 121 Å². The summed E-state index contributed by atoms with van der Waals surface area (Å²) < 4.78 is 2.63. The molecule has 0 saturated heterocycles. The minimum absolute atomic E-state index is 0.891. The van der Waals surface area contributed by atoms with Gasteiger partial charge in [0.15, 0.2) is 0 Å². The molecule has 3 heteroatoms. The molecule has 8 aromatic rings. The van der Waals surface area contributed by atoms with Crippen molar-refractivity contribution < 1.29 is 0 Å². The standard InChI is InChI=1S/C38H24N2S/c1-2-9-25(10-3-1)26-17-21-28(22-18-26)37-38(40-33-14-6-5-13-32(33)39-37)29-23-19-27(20-24-29)30-12-8-16-35-36(30)31-11-4-7-15-34(31)41-35/h1-24H. The fraction of sp³-hybridized carbons (Fsp3) is 0. The lowest BCUT2D eigenvalue weighted by Gasteiger charge is -2.12. The number of hydrogen-bond acceptors (Lipinski definition) is 3. The second-order valence-corrected chi connectivity index (χ2v) is 11.3. The van der Waals surface area contributed by atoms with E-state index in [0.717, 1.165) is 33.5 Å². The summed E-state index contributed by atoms with van der Waals surface area (Å²) in [6.07, 6.45) is 0. The molecular formula is C38H24N2S. The summed E-state index contributed by atoms with van der Waals surface area (Å²) in [6, 6.07) is 51.3. The molecule has 0 unspecified atom stereocenters. The monoisotopic (exact) mass is 540 g/mol. The topological polar surface area (TPSA) is 25.8 Å². The van der Waals surface area contributed by atoms with Crippen molar-refractivity contribution in [3.05, 3.63) is 146 Å². The Balaban J connectivity index is 1.24. The zero-order valence-electron chi connectivity index (χ0n) is 22.2. The van der Waals surface area contributed by atoms with Crippen LogP contribution in [0, 0.1) is 0 Å². The van der Waals surface area contributed by atoms with Crippen LogP contribution >= 0.6 is 11.3 Å². The molecule has 0 amide bonds. The lowest BCUT2D eigenvalue weighted by atomic mass is 9.96. The predicted molar refractivity (Wildman–Crippen MR) is 174 cm³/mol. The second kappa shape index (κ2) is 9.81. The highest BCUT2D eigenvalue weighted by Gasteiger charge is 2.15. The molecule has 0 saturated carbocycles. The summed E-state index contributed by atoms with van der Waals surface area (Å²) in [4.78, 5) is 10.2. The van der Waals surface area contributed by atoms with Gasteiger partial charge in [0.2, 0.25) is 0 Å². The number of benzene rings is 6. The molecule has 2 nitrogen and oxygen atoms in total. The molecule has 0 radical (unpaired) electrons. The van der Waals surface area contributed by atoms with Crippen LogP contribution in [0.3, 0.4) is 0 Å². The van der Waals surface area contributed by atoms with Gasteiger partial charge >= 0.3 is 0 Å². The molecule has 0 spiro atoms. The number of hydrogen-bond donors (Lipinski definition) is 0. The highest BCUT2D eigenvalue weighted by atomic mass is 32.1. The number of para-hydroxylation sites is 2. The van der Waals surface area contributed by atoms with E-state index in [0.29, 0.717) is 0 Å². The van der Waals surface area contributed by atoms with Gasteiger partial charge in [0.05, 0.1) is 22.4 Å². The molecule has 41 heavy (non-hydrogen) atoms. The molecule has 6 aromatic carbocycles. The van der Waals surface area contributed by atoms with Gasteiger partial charge in [0, 0.05) is 31.3 Å². The maximum atomic E-state index is 5.13. The molecule has 2 aromatic heterocycles. The zero-order valence-corrected chi connectivity index (χ0v) is 23.0. The normalized spacial score (nSPS) is 11.4. The van der Waals surface area contributed by atoms with Crippen LogP contribution in [0.25, 0.3) is 76.0 Å². The number of thiophene rings is 1. The van der Waals surface area contributed by atoms with E-state index in [1.807, 2.05) is 41.7 Å². The first-order chi connectivity index (χ1) is 20.3. The highest BCUT2D eigenvalue weighted by Crippen LogP contribution is 2.40. The van der Waals surface area contributed by atoms with Crippen LogP contribution in [-0.4, -0.2) is 9.97 Å². The van der Waals surface area contributed by atoms with Crippen molar-refractivity contribution in [2.24, 2.45) is 0 Å². The van der Waals surface area contributed by atoms with E-state index in [4.69, 9.17) is 9.97 Å². The first-order valence-electron chi connectivity index (χ1n) is 13.8. The van der Waals surface area contributed by atoms with Crippen LogP contribution in [0.5, 0.6) is 0 Å². The summed E-state index contributed by atoms with van der Waals surface area (Å²) >= 11 is 1.85. The third-order valence-corrected chi connectivity index (χ3v) is 8.84. The molecule has 0 bridgehead atoms. The van der Waals surface area contributed by atoms with Crippen LogP contribution in [0.1, 0.15) is 0 Å². The lowest BCUT2D eigenvalue weighted by molar-refractivity contribution is 1.29. The minimum Gasteiger partial charge on any atom is -0.244 e. The molecule has 0 N–H and O–H groups in total. The van der Waals surface area contributed by atoms with Crippen molar-refractivity contribution in [1.29, 1.82) is 0 Å². The van der Waals surface area contributed by atoms with Crippen LogP contribution < -0.4 is 0 Å². The highest BCUT2D eigenvalue weighted by molar-refractivity contribution is 7.25. The van der Waals surface area contributed by atoms with E-state index in [2.05, 4.69) is 115 Å². The Labute approximate surface area is 242 Å². The average molecular weight is 541 g/mol. The van der Waals surface area contributed by atoms with Crippen LogP contribution in [-0.2, 0) is 0 Å². The molecule has 0 aliphatic rings. The van der Waals surface area contributed by atoms with Gasteiger partial charge in [0.1, 0.15) is 0 Å². The van der Waals surface area contributed by atoms with E-state index in [1.165, 1.54) is 42.4 Å². The van der Waals surface area contributed by atoms with Crippen molar-refractivity contribution in [1.82, 2.24) is 9.97 Å². The van der Waals surface area contributed by atoms with Crippen molar-refractivity contribution in [3.8, 4) is 44.8 Å². The van der Waals surface area contributed by atoms with Gasteiger partial charge in [-0.3, -0.25) is 0 Å². The van der Waals surface area contributed by atoms with Crippen LogP contribution in [0.4, 0.5) is 0 Å². The van der Waals surface area contributed by atoms with Gasteiger partial charge in [-0.15, -0.1) is 11.3 Å². The van der Waals surface area contributed by atoms with Crippen molar-refractivity contribution >= 4 is 42.5 Å². The van der Waals surface area contributed by atoms with E-state index in [-0.39, 0.29) is 0 Å². The summed E-state index contributed by atoms with van der Waals surface area (Å²) in [5.41, 5.74) is 10.5. The summed E-state index contributed by atoms with van der Waals surface area (Å²) in [7, 11) is 0. The van der Waals surface area contributed by atoms with E-state index in [9.17, 15) is 0 Å². The second-order valence-electron chi connectivity index (χ2n) is 10.2. The number of rotatable bonds is 4. The maximum Gasteiger partial charge on any atom is 0.0973 e. The van der Waals surface area contributed by atoms with Crippen molar-refractivity contribution in [3.63, 3.8) is 0 Å². The van der Waals surface area contributed by atoms with Gasteiger partial charge in [-0.2, -0.15) is 0 Å². The van der Waals surface area contributed by atoms with Crippen LogP contribution in [0.2, 0.25) is 0 Å². The Hall–Kier alpha value is -5.12. The molecule has 8 rings (SSSR count). The maximum absolute atomic E-state index is 5.13. The van der Waals surface area contributed by atoms with E-state index in [1.54, 1.807) is 0 Å². The van der Waals surface area contributed by atoms with Gasteiger partial charge < -0.3 is 0 Å². The molecule has 0 aliphatic carbocycles. The Morgan fingerprint density at radius 2 is 0.878 bits per heavy atom. The number of aromatic nitrogens is 2. The Bertz CT molecular complexity index is 2180. The molecule has 0 atom stereocenters. The summed E-state index contributed by atoms with van der Waals surface area (Å²) in [5, 5.41) is 2.64. The molecule has 2 heterocycles.